The minimum atomic E-state index is 0.593. The molecule has 1 aliphatic heterocycles. The average Bonchev–Trinajstić information content (AvgIpc) is 2.82. The summed E-state index contributed by atoms with van der Waals surface area (Å²) in [6.07, 6.45) is 6.40. The van der Waals surface area contributed by atoms with Crippen molar-refractivity contribution in [2.75, 3.05) is 31.7 Å². The maximum absolute atomic E-state index is 5.36. The Morgan fingerprint density at radius 1 is 1.17 bits per heavy atom. The number of methoxy groups -OCH3 is 1. The Hall–Kier alpha value is -1.94. The van der Waals surface area contributed by atoms with Gasteiger partial charge in [-0.15, -0.1) is 0 Å². The van der Waals surface area contributed by atoms with Gasteiger partial charge < -0.3 is 9.64 Å². The smallest absolute Gasteiger partial charge is 0.135 e. The van der Waals surface area contributed by atoms with Crippen LogP contribution in [0.3, 0.4) is 0 Å². The van der Waals surface area contributed by atoms with Gasteiger partial charge in [0, 0.05) is 32.8 Å². The van der Waals surface area contributed by atoms with Gasteiger partial charge in [-0.25, -0.2) is 9.97 Å². The summed E-state index contributed by atoms with van der Waals surface area (Å²) in [7, 11) is 1.79. The molecular formula is C19H25N3O. The van der Waals surface area contributed by atoms with Gasteiger partial charge in [0.05, 0.1) is 6.61 Å². The largest absolute Gasteiger partial charge is 0.384 e. The molecule has 0 N–H and O–H groups in total. The second kappa shape index (κ2) is 8.06. The molecule has 1 fully saturated rings. The second-order valence-electron chi connectivity index (χ2n) is 6.26. The Morgan fingerprint density at radius 2 is 2.04 bits per heavy atom. The quantitative estimate of drug-likeness (QED) is 0.849. The van der Waals surface area contributed by atoms with E-state index in [1.165, 1.54) is 24.8 Å². The standard InChI is InChI=1S/C19H25N3O/c1-23-15-17-9-5-6-12-22(14-17)19-10-11-20-18(21-19)13-16-7-3-2-4-8-16/h2-4,7-8,10-11,17H,5-6,9,12-15H2,1H3. The second-order valence-corrected chi connectivity index (χ2v) is 6.26. The molecule has 0 aliphatic carbocycles. The van der Waals surface area contributed by atoms with Gasteiger partial charge in [-0.1, -0.05) is 36.8 Å². The van der Waals surface area contributed by atoms with Gasteiger partial charge in [0.1, 0.15) is 11.6 Å². The van der Waals surface area contributed by atoms with Gasteiger partial charge in [-0.3, -0.25) is 0 Å². The normalized spacial score (nSPS) is 18.7. The number of anilines is 1. The van der Waals surface area contributed by atoms with Gasteiger partial charge in [0.2, 0.25) is 0 Å². The van der Waals surface area contributed by atoms with E-state index < -0.39 is 0 Å². The molecule has 1 unspecified atom stereocenters. The fraction of sp³-hybridized carbons (Fsp3) is 0.474. The molecule has 1 aromatic carbocycles. The van der Waals surface area contributed by atoms with Crippen LogP contribution >= 0.6 is 0 Å². The highest BCUT2D eigenvalue weighted by atomic mass is 16.5. The summed E-state index contributed by atoms with van der Waals surface area (Å²) in [5.74, 6) is 2.53. The van der Waals surface area contributed by atoms with E-state index in [0.29, 0.717) is 5.92 Å². The van der Waals surface area contributed by atoms with E-state index >= 15 is 0 Å². The van der Waals surface area contributed by atoms with Crippen molar-refractivity contribution >= 4 is 5.82 Å². The van der Waals surface area contributed by atoms with E-state index in [-0.39, 0.29) is 0 Å². The number of hydrogen-bond acceptors (Lipinski definition) is 4. The molecule has 1 aliphatic rings. The Labute approximate surface area is 138 Å². The van der Waals surface area contributed by atoms with Crippen LogP contribution in [-0.4, -0.2) is 36.8 Å². The van der Waals surface area contributed by atoms with E-state index in [9.17, 15) is 0 Å². The van der Waals surface area contributed by atoms with Crippen LogP contribution in [0.25, 0.3) is 0 Å². The zero-order chi connectivity index (χ0) is 15.9. The first-order valence-corrected chi connectivity index (χ1v) is 8.45. The molecule has 23 heavy (non-hydrogen) atoms. The average molecular weight is 311 g/mol. The lowest BCUT2D eigenvalue weighted by Crippen LogP contribution is -2.31. The molecule has 0 spiro atoms. The summed E-state index contributed by atoms with van der Waals surface area (Å²) in [6.45, 7) is 2.93. The number of hydrogen-bond donors (Lipinski definition) is 0. The van der Waals surface area contributed by atoms with Crippen molar-refractivity contribution in [3.63, 3.8) is 0 Å². The third-order valence-corrected chi connectivity index (χ3v) is 4.39. The molecular weight excluding hydrogens is 286 g/mol. The maximum Gasteiger partial charge on any atom is 0.135 e. The lowest BCUT2D eigenvalue weighted by atomic mass is 10.0. The predicted octanol–water partition coefficient (Wildman–Crippen LogP) is 3.32. The van der Waals surface area contributed by atoms with Crippen molar-refractivity contribution in [2.24, 2.45) is 5.92 Å². The third-order valence-electron chi connectivity index (χ3n) is 4.39. The third kappa shape index (κ3) is 4.52. The number of rotatable bonds is 5. The van der Waals surface area contributed by atoms with E-state index in [0.717, 1.165) is 37.8 Å². The van der Waals surface area contributed by atoms with Crippen LogP contribution < -0.4 is 4.90 Å². The highest BCUT2D eigenvalue weighted by molar-refractivity contribution is 5.38. The molecule has 1 saturated heterocycles. The van der Waals surface area contributed by atoms with E-state index in [1.807, 2.05) is 18.3 Å². The van der Waals surface area contributed by atoms with Crippen LogP contribution in [-0.2, 0) is 11.2 Å². The first-order chi connectivity index (χ1) is 11.3. The highest BCUT2D eigenvalue weighted by Gasteiger charge is 2.19. The molecule has 2 aromatic rings. The lowest BCUT2D eigenvalue weighted by molar-refractivity contribution is 0.151. The van der Waals surface area contributed by atoms with Gasteiger partial charge in [-0.05, 0) is 30.4 Å². The van der Waals surface area contributed by atoms with Crippen molar-refractivity contribution in [3.05, 3.63) is 54.0 Å². The predicted molar refractivity (Wildman–Crippen MR) is 92.7 cm³/mol. The van der Waals surface area contributed by atoms with Crippen molar-refractivity contribution in [1.29, 1.82) is 0 Å². The summed E-state index contributed by atoms with van der Waals surface area (Å²) in [4.78, 5) is 11.6. The minimum Gasteiger partial charge on any atom is -0.384 e. The molecule has 1 atom stereocenters. The van der Waals surface area contributed by atoms with Crippen LogP contribution in [0.1, 0.15) is 30.7 Å². The zero-order valence-corrected chi connectivity index (χ0v) is 13.8. The number of aromatic nitrogens is 2. The Balaban J connectivity index is 1.73. The molecule has 0 radical (unpaired) electrons. The summed E-state index contributed by atoms with van der Waals surface area (Å²) in [5.41, 5.74) is 1.25. The van der Waals surface area contributed by atoms with Crippen molar-refractivity contribution in [2.45, 2.75) is 25.7 Å². The van der Waals surface area contributed by atoms with Crippen LogP contribution in [0, 0.1) is 5.92 Å². The van der Waals surface area contributed by atoms with Gasteiger partial charge in [-0.2, -0.15) is 0 Å². The van der Waals surface area contributed by atoms with Crippen LogP contribution in [0.15, 0.2) is 42.6 Å². The van der Waals surface area contributed by atoms with Gasteiger partial charge in [0.25, 0.3) is 0 Å². The van der Waals surface area contributed by atoms with Gasteiger partial charge in [0.15, 0.2) is 0 Å². The Bertz CT molecular complexity index is 603. The lowest BCUT2D eigenvalue weighted by Gasteiger charge is -2.25. The maximum atomic E-state index is 5.36. The molecule has 0 bridgehead atoms. The molecule has 1 aromatic heterocycles. The fourth-order valence-corrected chi connectivity index (χ4v) is 3.24. The monoisotopic (exact) mass is 311 g/mol. The summed E-state index contributed by atoms with van der Waals surface area (Å²) in [5, 5.41) is 0. The molecule has 4 nitrogen and oxygen atoms in total. The van der Waals surface area contributed by atoms with Crippen molar-refractivity contribution in [1.82, 2.24) is 9.97 Å². The fourth-order valence-electron chi connectivity index (χ4n) is 3.24. The molecule has 0 saturated carbocycles. The molecule has 0 amide bonds. The van der Waals surface area contributed by atoms with E-state index in [2.05, 4.69) is 34.1 Å². The molecule has 122 valence electrons. The summed E-state index contributed by atoms with van der Waals surface area (Å²) in [6, 6.07) is 12.4. The van der Waals surface area contributed by atoms with Crippen LogP contribution in [0.2, 0.25) is 0 Å². The van der Waals surface area contributed by atoms with Crippen molar-refractivity contribution in [3.8, 4) is 0 Å². The summed E-state index contributed by atoms with van der Waals surface area (Å²) < 4.78 is 5.36. The van der Waals surface area contributed by atoms with Crippen LogP contribution in [0.4, 0.5) is 5.82 Å². The number of ether oxygens (including phenoxy) is 1. The van der Waals surface area contributed by atoms with Crippen molar-refractivity contribution < 1.29 is 4.74 Å². The number of benzene rings is 1. The molecule has 4 heteroatoms. The Kier molecular flexibility index (Phi) is 5.59. The minimum absolute atomic E-state index is 0.593. The number of nitrogens with zero attached hydrogens (tertiary/aromatic N) is 3. The van der Waals surface area contributed by atoms with Gasteiger partial charge >= 0.3 is 0 Å². The molecule has 3 rings (SSSR count). The van der Waals surface area contributed by atoms with E-state index in [4.69, 9.17) is 9.72 Å². The topological polar surface area (TPSA) is 38.2 Å². The highest BCUT2D eigenvalue weighted by Crippen LogP contribution is 2.21. The Morgan fingerprint density at radius 3 is 2.87 bits per heavy atom. The first kappa shape index (κ1) is 15.9. The SMILES string of the molecule is COCC1CCCCN(c2ccnc(Cc3ccccc3)n2)C1. The van der Waals surface area contributed by atoms with Crippen LogP contribution in [0.5, 0.6) is 0 Å². The summed E-state index contributed by atoms with van der Waals surface area (Å²) >= 11 is 0. The van der Waals surface area contributed by atoms with E-state index in [1.54, 1.807) is 7.11 Å². The molecule has 2 heterocycles. The zero-order valence-electron chi connectivity index (χ0n) is 13.8. The first-order valence-electron chi connectivity index (χ1n) is 8.45.